The van der Waals surface area contributed by atoms with Gasteiger partial charge in [-0.25, -0.2) is 0 Å². The van der Waals surface area contributed by atoms with Crippen LogP contribution < -0.4 is 0 Å². The molecule has 0 saturated heterocycles. The van der Waals surface area contributed by atoms with Crippen LogP contribution in [0.3, 0.4) is 0 Å². The molecule has 3 unspecified atom stereocenters. The number of ketones is 1. The number of hydrogen-bond acceptors (Lipinski definition) is 3. The van der Waals surface area contributed by atoms with Crippen LogP contribution in [0.5, 0.6) is 0 Å². The zero-order valence-corrected chi connectivity index (χ0v) is 10.9. The summed E-state index contributed by atoms with van der Waals surface area (Å²) in [5.74, 6) is 0.663. The Morgan fingerprint density at radius 3 is 2.59 bits per heavy atom. The molecule has 0 amide bonds. The SMILES string of the molecule is CN(CC1CCCCC1=O)C1CCCCC1O. The highest BCUT2D eigenvalue weighted by molar-refractivity contribution is 5.81. The maximum atomic E-state index is 11.8. The average Bonchev–Trinajstić information content (AvgIpc) is 2.32. The minimum Gasteiger partial charge on any atom is -0.391 e. The maximum absolute atomic E-state index is 11.8. The lowest BCUT2D eigenvalue weighted by atomic mass is 9.86. The molecule has 98 valence electrons. The van der Waals surface area contributed by atoms with E-state index in [1.54, 1.807) is 0 Å². The summed E-state index contributed by atoms with van der Waals surface area (Å²) in [5.41, 5.74) is 0. The highest BCUT2D eigenvalue weighted by atomic mass is 16.3. The molecule has 2 aliphatic rings. The molecule has 3 heteroatoms. The molecule has 2 rings (SSSR count). The molecule has 0 aromatic rings. The average molecular weight is 239 g/mol. The van der Waals surface area contributed by atoms with Gasteiger partial charge in [-0.2, -0.15) is 0 Å². The molecule has 17 heavy (non-hydrogen) atoms. The van der Waals surface area contributed by atoms with Gasteiger partial charge in [0.15, 0.2) is 0 Å². The van der Waals surface area contributed by atoms with Crippen LogP contribution in [0.1, 0.15) is 51.4 Å². The largest absolute Gasteiger partial charge is 0.391 e. The predicted molar refractivity (Wildman–Crippen MR) is 67.9 cm³/mol. The van der Waals surface area contributed by atoms with Crippen LogP contribution in [0.25, 0.3) is 0 Å². The first kappa shape index (κ1) is 13.0. The second-order valence-corrected chi connectivity index (χ2v) is 5.77. The molecule has 0 aromatic carbocycles. The van der Waals surface area contributed by atoms with E-state index in [-0.39, 0.29) is 18.1 Å². The van der Waals surface area contributed by atoms with Gasteiger partial charge in [-0.3, -0.25) is 4.79 Å². The Labute approximate surface area is 104 Å². The number of rotatable bonds is 3. The van der Waals surface area contributed by atoms with Crippen LogP contribution in [0, 0.1) is 5.92 Å². The van der Waals surface area contributed by atoms with Crippen LogP contribution in [0.15, 0.2) is 0 Å². The molecule has 0 radical (unpaired) electrons. The molecule has 2 aliphatic carbocycles. The molecule has 2 fully saturated rings. The minimum absolute atomic E-state index is 0.188. The van der Waals surface area contributed by atoms with Gasteiger partial charge in [-0.05, 0) is 32.7 Å². The van der Waals surface area contributed by atoms with E-state index < -0.39 is 0 Å². The van der Waals surface area contributed by atoms with Gasteiger partial charge in [0.05, 0.1) is 6.10 Å². The van der Waals surface area contributed by atoms with Gasteiger partial charge in [-0.1, -0.05) is 19.3 Å². The molecule has 3 nitrogen and oxygen atoms in total. The lowest BCUT2D eigenvalue weighted by molar-refractivity contribution is -0.125. The van der Waals surface area contributed by atoms with Gasteiger partial charge in [-0.15, -0.1) is 0 Å². The lowest BCUT2D eigenvalue weighted by Gasteiger charge is -2.37. The van der Waals surface area contributed by atoms with Crippen molar-refractivity contribution in [2.75, 3.05) is 13.6 Å². The summed E-state index contributed by atoms with van der Waals surface area (Å²) in [6.45, 7) is 0.848. The van der Waals surface area contributed by atoms with Crippen molar-refractivity contribution in [2.45, 2.75) is 63.5 Å². The molecular formula is C14H25NO2. The molecule has 0 aromatic heterocycles. The van der Waals surface area contributed by atoms with Crippen molar-refractivity contribution in [3.63, 3.8) is 0 Å². The first-order valence-corrected chi connectivity index (χ1v) is 7.09. The van der Waals surface area contributed by atoms with Crippen molar-refractivity contribution in [1.82, 2.24) is 4.90 Å². The van der Waals surface area contributed by atoms with Crippen LogP contribution in [-0.2, 0) is 4.79 Å². The van der Waals surface area contributed by atoms with Gasteiger partial charge < -0.3 is 10.0 Å². The fourth-order valence-corrected chi connectivity index (χ4v) is 3.34. The van der Waals surface area contributed by atoms with Crippen molar-refractivity contribution < 1.29 is 9.90 Å². The Kier molecular flexibility index (Phi) is 4.57. The van der Waals surface area contributed by atoms with Crippen molar-refractivity contribution in [1.29, 1.82) is 0 Å². The number of carbonyl (C=O) groups excluding carboxylic acids is 1. The van der Waals surface area contributed by atoms with Crippen LogP contribution in [0.4, 0.5) is 0 Å². The standard InChI is InChI=1S/C14H25NO2/c1-15(12-7-3-5-9-14(12)17)10-11-6-2-4-8-13(11)16/h11-12,14,17H,2-10H2,1H3. The van der Waals surface area contributed by atoms with E-state index in [0.717, 1.165) is 45.1 Å². The Bertz CT molecular complexity index is 267. The second kappa shape index (κ2) is 5.96. The maximum Gasteiger partial charge on any atom is 0.137 e. The van der Waals surface area contributed by atoms with E-state index in [4.69, 9.17) is 0 Å². The van der Waals surface area contributed by atoms with E-state index in [1.165, 1.54) is 12.8 Å². The lowest BCUT2D eigenvalue weighted by Crippen LogP contribution is -2.46. The van der Waals surface area contributed by atoms with Crippen molar-refractivity contribution in [2.24, 2.45) is 5.92 Å². The summed E-state index contributed by atoms with van der Waals surface area (Å²) in [7, 11) is 2.07. The molecule has 0 heterocycles. The van der Waals surface area contributed by atoms with Crippen LogP contribution in [0.2, 0.25) is 0 Å². The van der Waals surface area contributed by atoms with Gasteiger partial charge in [0.25, 0.3) is 0 Å². The predicted octanol–water partition coefficient (Wildman–Crippen LogP) is 1.98. The van der Waals surface area contributed by atoms with Gasteiger partial charge in [0.2, 0.25) is 0 Å². The summed E-state index contributed by atoms with van der Waals surface area (Å²) < 4.78 is 0. The van der Waals surface area contributed by atoms with Crippen molar-refractivity contribution in [3.05, 3.63) is 0 Å². The second-order valence-electron chi connectivity index (χ2n) is 5.77. The monoisotopic (exact) mass is 239 g/mol. The van der Waals surface area contributed by atoms with Gasteiger partial charge in [0, 0.05) is 24.9 Å². The van der Waals surface area contributed by atoms with E-state index in [9.17, 15) is 9.90 Å². The van der Waals surface area contributed by atoms with Gasteiger partial charge >= 0.3 is 0 Å². The summed E-state index contributed by atoms with van der Waals surface area (Å²) in [4.78, 5) is 14.0. The Morgan fingerprint density at radius 1 is 1.18 bits per heavy atom. The third-order valence-corrected chi connectivity index (χ3v) is 4.45. The zero-order valence-electron chi connectivity index (χ0n) is 10.9. The van der Waals surface area contributed by atoms with E-state index in [0.29, 0.717) is 5.78 Å². The topological polar surface area (TPSA) is 40.5 Å². The van der Waals surface area contributed by atoms with Crippen LogP contribution in [-0.4, -0.2) is 41.5 Å². The summed E-state index contributed by atoms with van der Waals surface area (Å²) >= 11 is 0. The number of aliphatic hydroxyl groups excluding tert-OH is 1. The molecule has 0 bridgehead atoms. The fourth-order valence-electron chi connectivity index (χ4n) is 3.34. The molecule has 2 saturated carbocycles. The third kappa shape index (κ3) is 3.29. The number of aliphatic hydroxyl groups is 1. The zero-order chi connectivity index (χ0) is 12.3. The number of likely N-dealkylation sites (N-methyl/N-ethyl adjacent to an activating group) is 1. The highest BCUT2D eigenvalue weighted by Gasteiger charge is 2.30. The molecule has 0 spiro atoms. The van der Waals surface area contributed by atoms with E-state index >= 15 is 0 Å². The Hall–Kier alpha value is -0.410. The quantitative estimate of drug-likeness (QED) is 0.818. The van der Waals surface area contributed by atoms with E-state index in [1.807, 2.05) is 0 Å². The first-order valence-electron chi connectivity index (χ1n) is 7.09. The van der Waals surface area contributed by atoms with E-state index in [2.05, 4.69) is 11.9 Å². The number of Topliss-reactive ketones (excluding diaryl/α,β-unsaturated/α-hetero) is 1. The summed E-state index contributed by atoms with van der Waals surface area (Å²) in [5, 5.41) is 10.0. The smallest absolute Gasteiger partial charge is 0.137 e. The number of carbonyl (C=O) groups is 1. The molecule has 1 N–H and O–H groups in total. The molecule has 3 atom stereocenters. The number of hydrogen-bond donors (Lipinski definition) is 1. The molecular weight excluding hydrogens is 214 g/mol. The molecule has 0 aliphatic heterocycles. The third-order valence-electron chi connectivity index (χ3n) is 4.45. The van der Waals surface area contributed by atoms with Crippen LogP contribution >= 0.6 is 0 Å². The normalized spacial score (nSPS) is 35.2. The fraction of sp³-hybridized carbons (Fsp3) is 0.929. The summed E-state index contributed by atoms with van der Waals surface area (Å²) in [6.07, 6.45) is 8.26. The van der Waals surface area contributed by atoms with Gasteiger partial charge in [0.1, 0.15) is 5.78 Å². The number of nitrogens with zero attached hydrogens (tertiary/aromatic N) is 1. The highest BCUT2D eigenvalue weighted by Crippen LogP contribution is 2.26. The van der Waals surface area contributed by atoms with Crippen molar-refractivity contribution in [3.8, 4) is 0 Å². The minimum atomic E-state index is -0.188. The Morgan fingerprint density at radius 2 is 1.88 bits per heavy atom. The Balaban J connectivity index is 1.86. The summed E-state index contributed by atoms with van der Waals surface area (Å²) in [6, 6.07) is 0.276. The van der Waals surface area contributed by atoms with Crippen molar-refractivity contribution >= 4 is 5.78 Å². The first-order chi connectivity index (χ1) is 8.18.